The van der Waals surface area contributed by atoms with E-state index in [1.54, 1.807) is 11.8 Å². The number of carbonyl (C=O) groups is 2. The molecule has 1 unspecified atom stereocenters. The Bertz CT molecular complexity index is 268. The molecule has 2 amide bonds. The van der Waals surface area contributed by atoms with Crippen LogP contribution in [0.5, 0.6) is 0 Å². The summed E-state index contributed by atoms with van der Waals surface area (Å²) in [6.45, 7) is 5.69. The molecule has 0 radical (unpaired) electrons. The number of nitrogens with zero attached hydrogens (tertiary/aromatic N) is 2. The van der Waals surface area contributed by atoms with Crippen molar-refractivity contribution in [3.8, 4) is 0 Å². The van der Waals surface area contributed by atoms with Crippen LogP contribution in [-0.2, 0) is 9.59 Å². The van der Waals surface area contributed by atoms with Crippen molar-refractivity contribution in [1.82, 2.24) is 9.80 Å². The average molecular weight is 227 g/mol. The molecule has 5 heteroatoms. The van der Waals surface area contributed by atoms with E-state index in [0.717, 1.165) is 19.4 Å². The van der Waals surface area contributed by atoms with Crippen molar-refractivity contribution in [3.05, 3.63) is 0 Å². The van der Waals surface area contributed by atoms with Crippen LogP contribution in [-0.4, -0.2) is 53.8 Å². The Hall–Kier alpha value is -1.10. The molecule has 0 aromatic carbocycles. The molecule has 1 aliphatic rings. The van der Waals surface area contributed by atoms with Crippen LogP contribution in [0.25, 0.3) is 0 Å². The predicted octanol–water partition coefficient (Wildman–Crippen LogP) is -0.195. The Morgan fingerprint density at radius 1 is 1.50 bits per heavy atom. The largest absolute Gasteiger partial charge is 0.340 e. The first kappa shape index (κ1) is 13.0. The molecule has 1 aliphatic heterocycles. The van der Waals surface area contributed by atoms with Gasteiger partial charge in [-0.05, 0) is 19.8 Å². The van der Waals surface area contributed by atoms with E-state index in [2.05, 4.69) is 0 Å². The molecule has 0 bridgehead atoms. The number of hydrogen-bond donors (Lipinski definition) is 1. The van der Waals surface area contributed by atoms with Gasteiger partial charge in [0.25, 0.3) is 0 Å². The summed E-state index contributed by atoms with van der Waals surface area (Å²) in [5.41, 5.74) is 5.34. The Morgan fingerprint density at radius 2 is 2.19 bits per heavy atom. The summed E-state index contributed by atoms with van der Waals surface area (Å²) < 4.78 is 0. The van der Waals surface area contributed by atoms with Crippen molar-refractivity contribution in [3.63, 3.8) is 0 Å². The number of likely N-dealkylation sites (tertiary alicyclic amines) is 1. The summed E-state index contributed by atoms with van der Waals surface area (Å²) in [6.07, 6.45) is 1.92. The highest BCUT2D eigenvalue weighted by Gasteiger charge is 2.27. The number of nitrogens with two attached hydrogens (primary N) is 1. The van der Waals surface area contributed by atoms with Crippen LogP contribution in [0.4, 0.5) is 0 Å². The zero-order valence-corrected chi connectivity index (χ0v) is 10.1. The van der Waals surface area contributed by atoms with E-state index in [0.29, 0.717) is 13.1 Å². The van der Waals surface area contributed by atoms with Gasteiger partial charge in [0.1, 0.15) is 0 Å². The number of hydrogen-bond acceptors (Lipinski definition) is 3. The number of rotatable bonds is 3. The van der Waals surface area contributed by atoms with Crippen molar-refractivity contribution < 1.29 is 9.59 Å². The lowest BCUT2D eigenvalue weighted by Gasteiger charge is -2.38. The van der Waals surface area contributed by atoms with Crippen LogP contribution < -0.4 is 5.73 Å². The van der Waals surface area contributed by atoms with E-state index in [4.69, 9.17) is 5.73 Å². The smallest absolute Gasteiger partial charge is 0.236 e. The normalized spacial score (nSPS) is 20.7. The summed E-state index contributed by atoms with van der Waals surface area (Å²) in [5.74, 6) is 0.0545. The summed E-state index contributed by atoms with van der Waals surface area (Å²) in [5, 5.41) is 0. The quantitative estimate of drug-likeness (QED) is 0.726. The lowest BCUT2D eigenvalue weighted by molar-refractivity contribution is -0.137. The van der Waals surface area contributed by atoms with Crippen molar-refractivity contribution >= 4 is 11.8 Å². The minimum absolute atomic E-state index is 0.0238. The van der Waals surface area contributed by atoms with Crippen LogP contribution in [0.15, 0.2) is 0 Å². The fourth-order valence-electron chi connectivity index (χ4n) is 2.30. The van der Waals surface area contributed by atoms with Crippen molar-refractivity contribution in [2.24, 2.45) is 5.73 Å². The van der Waals surface area contributed by atoms with Crippen LogP contribution in [0.1, 0.15) is 26.7 Å². The SMILES string of the molecule is CCN(C(C)=O)C1CCCN(C(=O)CN)C1. The van der Waals surface area contributed by atoms with Crippen LogP contribution in [0.3, 0.4) is 0 Å². The second-order valence-electron chi connectivity index (χ2n) is 4.14. The summed E-state index contributed by atoms with van der Waals surface area (Å²) in [4.78, 5) is 26.5. The van der Waals surface area contributed by atoms with Gasteiger partial charge >= 0.3 is 0 Å². The lowest BCUT2D eigenvalue weighted by Crippen LogP contribution is -2.52. The van der Waals surface area contributed by atoms with E-state index < -0.39 is 0 Å². The lowest BCUT2D eigenvalue weighted by atomic mass is 10.0. The third-order valence-corrected chi connectivity index (χ3v) is 3.11. The van der Waals surface area contributed by atoms with Gasteiger partial charge in [0.05, 0.1) is 6.54 Å². The molecule has 0 saturated carbocycles. The molecule has 1 heterocycles. The van der Waals surface area contributed by atoms with E-state index in [1.807, 2.05) is 11.8 Å². The van der Waals surface area contributed by atoms with Gasteiger partial charge in [-0.3, -0.25) is 9.59 Å². The van der Waals surface area contributed by atoms with Crippen LogP contribution >= 0.6 is 0 Å². The molecule has 16 heavy (non-hydrogen) atoms. The van der Waals surface area contributed by atoms with Crippen molar-refractivity contribution in [2.75, 3.05) is 26.2 Å². The topological polar surface area (TPSA) is 66.6 Å². The molecular formula is C11H21N3O2. The Morgan fingerprint density at radius 3 is 2.69 bits per heavy atom. The maximum atomic E-state index is 11.5. The maximum absolute atomic E-state index is 11.5. The molecule has 1 rings (SSSR count). The van der Waals surface area contributed by atoms with Crippen LogP contribution in [0.2, 0.25) is 0 Å². The van der Waals surface area contributed by atoms with Gasteiger partial charge in [-0.1, -0.05) is 0 Å². The van der Waals surface area contributed by atoms with Gasteiger partial charge in [0.2, 0.25) is 11.8 Å². The first-order valence-electron chi connectivity index (χ1n) is 5.85. The summed E-state index contributed by atoms with van der Waals surface area (Å²) in [6, 6.07) is 0.159. The molecule has 0 aliphatic carbocycles. The van der Waals surface area contributed by atoms with Gasteiger partial charge in [-0.2, -0.15) is 0 Å². The third-order valence-electron chi connectivity index (χ3n) is 3.11. The number of carbonyl (C=O) groups excluding carboxylic acids is 2. The third kappa shape index (κ3) is 2.95. The second-order valence-corrected chi connectivity index (χ2v) is 4.14. The Kier molecular flexibility index (Phi) is 4.73. The van der Waals surface area contributed by atoms with E-state index >= 15 is 0 Å². The molecule has 1 fully saturated rings. The number of likely N-dealkylation sites (N-methyl/N-ethyl adjacent to an activating group) is 1. The van der Waals surface area contributed by atoms with Crippen LogP contribution in [0, 0.1) is 0 Å². The van der Waals surface area contributed by atoms with E-state index in [9.17, 15) is 9.59 Å². The van der Waals surface area contributed by atoms with E-state index in [1.165, 1.54) is 0 Å². The molecule has 0 aromatic rings. The molecular weight excluding hydrogens is 206 g/mol. The first-order valence-corrected chi connectivity index (χ1v) is 5.85. The Balaban J connectivity index is 2.62. The zero-order chi connectivity index (χ0) is 12.1. The van der Waals surface area contributed by atoms with Gasteiger partial charge in [-0.25, -0.2) is 0 Å². The van der Waals surface area contributed by atoms with Crippen molar-refractivity contribution in [1.29, 1.82) is 0 Å². The second kappa shape index (κ2) is 5.84. The van der Waals surface area contributed by atoms with Crippen molar-refractivity contribution in [2.45, 2.75) is 32.7 Å². The standard InChI is InChI=1S/C11H21N3O2/c1-3-14(9(2)15)10-5-4-6-13(8-10)11(16)7-12/h10H,3-8,12H2,1-2H3. The summed E-state index contributed by atoms with van der Waals surface area (Å²) in [7, 11) is 0. The zero-order valence-electron chi connectivity index (χ0n) is 10.1. The highest BCUT2D eigenvalue weighted by atomic mass is 16.2. The first-order chi connectivity index (χ1) is 7.60. The van der Waals surface area contributed by atoms with Gasteiger partial charge in [0, 0.05) is 32.6 Å². The van der Waals surface area contributed by atoms with Gasteiger partial charge < -0.3 is 15.5 Å². The average Bonchev–Trinajstić information content (AvgIpc) is 2.29. The number of piperidine rings is 1. The minimum Gasteiger partial charge on any atom is -0.340 e. The number of amides is 2. The fourth-order valence-corrected chi connectivity index (χ4v) is 2.30. The fraction of sp³-hybridized carbons (Fsp3) is 0.818. The van der Waals surface area contributed by atoms with Gasteiger partial charge in [-0.15, -0.1) is 0 Å². The predicted molar refractivity (Wildman–Crippen MR) is 61.7 cm³/mol. The molecule has 0 aromatic heterocycles. The molecule has 2 N–H and O–H groups in total. The maximum Gasteiger partial charge on any atom is 0.236 e. The highest BCUT2D eigenvalue weighted by Crippen LogP contribution is 2.16. The van der Waals surface area contributed by atoms with E-state index in [-0.39, 0.29) is 24.4 Å². The summed E-state index contributed by atoms with van der Waals surface area (Å²) >= 11 is 0. The molecule has 1 saturated heterocycles. The Labute approximate surface area is 96.6 Å². The monoisotopic (exact) mass is 227 g/mol. The molecule has 0 spiro atoms. The molecule has 92 valence electrons. The minimum atomic E-state index is -0.0238. The molecule has 5 nitrogen and oxygen atoms in total. The van der Waals surface area contributed by atoms with Gasteiger partial charge in [0.15, 0.2) is 0 Å². The molecule has 1 atom stereocenters. The highest BCUT2D eigenvalue weighted by molar-refractivity contribution is 5.78.